The molecule has 0 unspecified atom stereocenters. The first-order valence-electron chi connectivity index (χ1n) is 6.08. The molecule has 0 bridgehead atoms. The lowest BCUT2D eigenvalue weighted by molar-refractivity contribution is 0.0596. The summed E-state index contributed by atoms with van der Waals surface area (Å²) < 4.78 is 10.0. The summed E-state index contributed by atoms with van der Waals surface area (Å²) in [5, 5.41) is 10.0. The van der Waals surface area contributed by atoms with Crippen LogP contribution in [0.4, 0.5) is 0 Å². The van der Waals surface area contributed by atoms with Crippen molar-refractivity contribution in [2.45, 2.75) is 20.8 Å². The number of hydrogen-bond donors (Lipinski definition) is 1. The van der Waals surface area contributed by atoms with Gasteiger partial charge in [-0.1, -0.05) is 5.57 Å². The van der Waals surface area contributed by atoms with Crippen LogP contribution in [-0.4, -0.2) is 31.1 Å². The average molecular weight is 278 g/mol. The van der Waals surface area contributed by atoms with Crippen LogP contribution in [0.15, 0.2) is 17.7 Å². The highest BCUT2D eigenvalue weighted by atomic mass is 16.5. The maximum absolute atomic E-state index is 11.6. The molecule has 5 nitrogen and oxygen atoms in total. The molecule has 0 aromatic heterocycles. The van der Waals surface area contributed by atoms with Crippen molar-refractivity contribution in [1.82, 2.24) is 0 Å². The third kappa shape index (κ3) is 3.38. The number of hydrogen-bond acceptors (Lipinski definition) is 5. The number of benzene rings is 1. The van der Waals surface area contributed by atoms with Crippen LogP contribution in [0, 0.1) is 6.92 Å². The molecule has 0 heterocycles. The quantitative estimate of drug-likeness (QED) is 0.509. The van der Waals surface area contributed by atoms with Crippen LogP contribution in [0.1, 0.15) is 40.1 Å². The fourth-order valence-electron chi connectivity index (χ4n) is 1.68. The van der Waals surface area contributed by atoms with Gasteiger partial charge in [-0.25, -0.2) is 4.79 Å². The summed E-state index contributed by atoms with van der Waals surface area (Å²) >= 11 is 0. The standard InChI is InChI=1S/C15H18O5/c1-9(2)5-6-20-12-7-10(3)13(15(18)19-4)14(17)11(12)8-16/h5,7-8,17H,6H2,1-4H3. The molecule has 1 aromatic carbocycles. The fourth-order valence-corrected chi connectivity index (χ4v) is 1.68. The van der Waals surface area contributed by atoms with Gasteiger partial charge in [-0.15, -0.1) is 0 Å². The summed E-state index contributed by atoms with van der Waals surface area (Å²) in [5.41, 5.74) is 1.47. The molecule has 0 spiro atoms. The number of aryl methyl sites for hydroxylation is 1. The monoisotopic (exact) mass is 278 g/mol. The SMILES string of the molecule is COC(=O)c1c(C)cc(OCC=C(C)C)c(C=O)c1O. The van der Waals surface area contributed by atoms with E-state index in [4.69, 9.17) is 4.74 Å². The Kier molecular flexibility index (Phi) is 5.32. The number of aromatic hydroxyl groups is 1. The van der Waals surface area contributed by atoms with Gasteiger partial charge in [0.25, 0.3) is 0 Å². The van der Waals surface area contributed by atoms with E-state index >= 15 is 0 Å². The molecule has 5 heteroatoms. The van der Waals surface area contributed by atoms with Gasteiger partial charge in [0.1, 0.15) is 23.7 Å². The number of phenolic OH excluding ortho intramolecular Hbond substituents is 1. The van der Waals surface area contributed by atoms with Gasteiger partial charge < -0.3 is 14.6 Å². The van der Waals surface area contributed by atoms with Crippen LogP contribution in [-0.2, 0) is 4.74 Å². The Bertz CT molecular complexity index is 554. The normalized spacial score (nSPS) is 9.80. The highest BCUT2D eigenvalue weighted by Gasteiger charge is 2.21. The van der Waals surface area contributed by atoms with Crippen molar-refractivity contribution in [3.63, 3.8) is 0 Å². The van der Waals surface area contributed by atoms with Crippen molar-refractivity contribution in [1.29, 1.82) is 0 Å². The fraction of sp³-hybridized carbons (Fsp3) is 0.333. The molecule has 20 heavy (non-hydrogen) atoms. The number of aldehydes is 1. The Morgan fingerprint density at radius 1 is 1.40 bits per heavy atom. The predicted molar refractivity (Wildman–Crippen MR) is 74.5 cm³/mol. The molecule has 1 rings (SSSR count). The number of phenols is 1. The van der Waals surface area contributed by atoms with E-state index in [1.54, 1.807) is 6.92 Å². The zero-order chi connectivity index (χ0) is 15.3. The summed E-state index contributed by atoms with van der Waals surface area (Å²) in [6.45, 7) is 5.76. The van der Waals surface area contributed by atoms with Gasteiger partial charge in [-0.05, 0) is 38.5 Å². The van der Waals surface area contributed by atoms with Crippen LogP contribution >= 0.6 is 0 Å². The molecule has 0 radical (unpaired) electrons. The molecular weight excluding hydrogens is 260 g/mol. The smallest absolute Gasteiger partial charge is 0.341 e. The van der Waals surface area contributed by atoms with Gasteiger partial charge in [0.2, 0.25) is 0 Å². The molecule has 0 aliphatic rings. The summed E-state index contributed by atoms with van der Waals surface area (Å²) in [5.74, 6) is -0.877. The third-order valence-corrected chi connectivity index (χ3v) is 2.74. The lowest BCUT2D eigenvalue weighted by Crippen LogP contribution is -2.08. The van der Waals surface area contributed by atoms with Crippen LogP contribution < -0.4 is 4.74 Å². The van der Waals surface area contributed by atoms with E-state index in [0.29, 0.717) is 11.8 Å². The first kappa shape index (κ1) is 15.8. The average Bonchev–Trinajstić information content (AvgIpc) is 2.37. The van der Waals surface area contributed by atoms with E-state index in [-0.39, 0.29) is 23.5 Å². The number of ether oxygens (including phenoxy) is 2. The Morgan fingerprint density at radius 2 is 2.05 bits per heavy atom. The van der Waals surface area contributed by atoms with Crippen LogP contribution in [0.3, 0.4) is 0 Å². The van der Waals surface area contributed by atoms with Crippen molar-refractivity contribution in [3.8, 4) is 11.5 Å². The Balaban J connectivity index is 3.25. The molecule has 0 amide bonds. The van der Waals surface area contributed by atoms with Crippen molar-refractivity contribution >= 4 is 12.3 Å². The summed E-state index contributed by atoms with van der Waals surface area (Å²) in [6.07, 6.45) is 2.30. The second-order valence-corrected chi connectivity index (χ2v) is 4.53. The van der Waals surface area contributed by atoms with Crippen LogP contribution in [0.5, 0.6) is 11.5 Å². The van der Waals surface area contributed by atoms with E-state index in [1.807, 2.05) is 19.9 Å². The molecule has 1 N–H and O–H groups in total. The zero-order valence-corrected chi connectivity index (χ0v) is 12.0. The molecular formula is C15H18O5. The highest BCUT2D eigenvalue weighted by molar-refractivity contribution is 5.99. The maximum atomic E-state index is 11.6. The van der Waals surface area contributed by atoms with E-state index in [0.717, 1.165) is 5.57 Å². The lowest BCUT2D eigenvalue weighted by atomic mass is 10.0. The van der Waals surface area contributed by atoms with Gasteiger partial charge in [-0.2, -0.15) is 0 Å². The summed E-state index contributed by atoms with van der Waals surface area (Å²) in [7, 11) is 1.21. The molecule has 1 aromatic rings. The second-order valence-electron chi connectivity index (χ2n) is 4.53. The van der Waals surface area contributed by atoms with Gasteiger partial charge in [0.05, 0.1) is 12.7 Å². The van der Waals surface area contributed by atoms with Gasteiger partial charge in [0.15, 0.2) is 6.29 Å². The van der Waals surface area contributed by atoms with Crippen molar-refractivity contribution in [3.05, 3.63) is 34.4 Å². The first-order chi connectivity index (χ1) is 9.42. The van der Waals surface area contributed by atoms with Gasteiger partial charge in [-0.3, -0.25) is 4.79 Å². The zero-order valence-electron chi connectivity index (χ0n) is 12.0. The minimum atomic E-state index is -0.695. The molecule has 108 valence electrons. The lowest BCUT2D eigenvalue weighted by Gasteiger charge is -2.13. The van der Waals surface area contributed by atoms with Crippen molar-refractivity contribution in [2.24, 2.45) is 0 Å². The maximum Gasteiger partial charge on any atom is 0.341 e. The summed E-state index contributed by atoms with van der Waals surface area (Å²) in [6, 6.07) is 1.54. The number of carbonyl (C=O) groups excluding carboxylic acids is 2. The Labute approximate surface area is 117 Å². The van der Waals surface area contributed by atoms with E-state index in [1.165, 1.54) is 13.2 Å². The largest absolute Gasteiger partial charge is 0.506 e. The number of methoxy groups -OCH3 is 1. The third-order valence-electron chi connectivity index (χ3n) is 2.74. The number of rotatable bonds is 5. The van der Waals surface area contributed by atoms with Gasteiger partial charge in [0, 0.05) is 0 Å². The van der Waals surface area contributed by atoms with Gasteiger partial charge >= 0.3 is 5.97 Å². The predicted octanol–water partition coefficient (Wildman–Crippen LogP) is 2.64. The number of carbonyl (C=O) groups is 2. The topological polar surface area (TPSA) is 72.8 Å². The van der Waals surface area contributed by atoms with Crippen molar-refractivity contribution in [2.75, 3.05) is 13.7 Å². The van der Waals surface area contributed by atoms with Crippen LogP contribution in [0.2, 0.25) is 0 Å². The minimum Gasteiger partial charge on any atom is -0.506 e. The summed E-state index contributed by atoms with van der Waals surface area (Å²) in [4.78, 5) is 22.7. The van der Waals surface area contributed by atoms with Crippen molar-refractivity contribution < 1.29 is 24.2 Å². The molecule has 0 saturated heterocycles. The molecule has 0 aliphatic heterocycles. The molecule has 0 atom stereocenters. The van der Waals surface area contributed by atoms with E-state index in [2.05, 4.69) is 4.74 Å². The molecule has 0 saturated carbocycles. The Morgan fingerprint density at radius 3 is 2.55 bits per heavy atom. The second kappa shape index (κ2) is 6.75. The number of allylic oxidation sites excluding steroid dienone is 1. The van der Waals surface area contributed by atoms with E-state index in [9.17, 15) is 14.7 Å². The van der Waals surface area contributed by atoms with Crippen LogP contribution in [0.25, 0.3) is 0 Å². The molecule has 0 fully saturated rings. The highest BCUT2D eigenvalue weighted by Crippen LogP contribution is 2.33. The van der Waals surface area contributed by atoms with E-state index < -0.39 is 11.7 Å². The number of esters is 1. The Hall–Kier alpha value is -2.30. The first-order valence-corrected chi connectivity index (χ1v) is 6.08. The minimum absolute atomic E-state index is 0.0239. The molecule has 0 aliphatic carbocycles.